The number of carbonyl (C=O) groups excluding carboxylic acids is 1. The Kier molecular flexibility index (Phi) is 5.52. The van der Waals surface area contributed by atoms with Crippen LogP contribution in [-0.4, -0.2) is 52.9 Å². The van der Waals surface area contributed by atoms with Crippen LogP contribution >= 0.6 is 0 Å². The molecule has 2 fully saturated rings. The fraction of sp³-hybridized carbons (Fsp3) is 0.500. The molecule has 154 valence electrons. The van der Waals surface area contributed by atoms with Gasteiger partial charge in [-0.25, -0.2) is 9.97 Å². The number of likely N-dealkylation sites (tertiary alicyclic amines) is 1. The molecule has 2 saturated heterocycles. The van der Waals surface area contributed by atoms with E-state index in [9.17, 15) is 4.79 Å². The van der Waals surface area contributed by atoms with Gasteiger partial charge in [0.15, 0.2) is 5.79 Å². The molecule has 1 N–H and O–H groups in total. The van der Waals surface area contributed by atoms with Gasteiger partial charge in [-0.3, -0.25) is 4.79 Å². The smallest absolute Gasteiger partial charge is 0.272 e. The van der Waals surface area contributed by atoms with Crippen LogP contribution in [0.4, 0.5) is 11.5 Å². The third kappa shape index (κ3) is 4.11. The Morgan fingerprint density at radius 1 is 1.17 bits per heavy atom. The van der Waals surface area contributed by atoms with Crippen molar-refractivity contribution < 1.29 is 14.3 Å². The van der Waals surface area contributed by atoms with Gasteiger partial charge in [0.2, 0.25) is 0 Å². The minimum atomic E-state index is -0.493. The summed E-state index contributed by atoms with van der Waals surface area (Å²) < 4.78 is 11.5. The van der Waals surface area contributed by atoms with Crippen LogP contribution < -0.4 is 5.32 Å². The number of nitrogens with one attached hydrogen (secondary N) is 1. The summed E-state index contributed by atoms with van der Waals surface area (Å²) in [7, 11) is 0. The Hall–Kier alpha value is -2.51. The second kappa shape index (κ2) is 8.08. The number of amides is 1. The van der Waals surface area contributed by atoms with E-state index >= 15 is 0 Å². The van der Waals surface area contributed by atoms with Crippen LogP contribution in [-0.2, 0) is 9.47 Å². The van der Waals surface area contributed by atoms with Crippen LogP contribution in [0.15, 0.2) is 30.6 Å². The van der Waals surface area contributed by atoms with Gasteiger partial charge in [0.25, 0.3) is 5.91 Å². The summed E-state index contributed by atoms with van der Waals surface area (Å²) in [4.78, 5) is 23.3. The molecule has 0 saturated carbocycles. The second-order valence-electron chi connectivity index (χ2n) is 8.01. The standard InChI is InChI=1S/C22H28N4O3/c1-15(2)17-6-4-5-16(3)20(17)25-19-13-18(23-14-24-19)21(27)26-9-7-22(8-10-26)28-11-12-29-22/h4-6,13-15H,7-12H2,1-3H3,(H,23,24,25). The number of piperidine rings is 1. The quantitative estimate of drug-likeness (QED) is 0.850. The van der Waals surface area contributed by atoms with E-state index in [1.165, 1.54) is 11.9 Å². The molecule has 4 rings (SSSR count). The van der Waals surface area contributed by atoms with E-state index in [1.54, 1.807) is 6.07 Å². The summed E-state index contributed by atoms with van der Waals surface area (Å²) >= 11 is 0. The molecule has 0 atom stereocenters. The number of ether oxygens (including phenoxy) is 2. The Labute approximate surface area is 171 Å². The molecule has 1 spiro atoms. The van der Waals surface area contributed by atoms with E-state index in [-0.39, 0.29) is 5.91 Å². The molecule has 2 aromatic rings. The molecule has 7 heteroatoms. The minimum absolute atomic E-state index is 0.0860. The molecule has 1 amide bonds. The van der Waals surface area contributed by atoms with Gasteiger partial charge in [-0.2, -0.15) is 0 Å². The summed E-state index contributed by atoms with van der Waals surface area (Å²) in [6.07, 6.45) is 2.82. The van der Waals surface area contributed by atoms with E-state index in [4.69, 9.17) is 9.47 Å². The number of carbonyl (C=O) groups is 1. The van der Waals surface area contributed by atoms with Gasteiger partial charge >= 0.3 is 0 Å². The number of nitrogens with zero attached hydrogens (tertiary/aromatic N) is 3. The predicted octanol–water partition coefficient (Wildman–Crippen LogP) is 3.63. The first-order valence-electron chi connectivity index (χ1n) is 10.2. The van der Waals surface area contributed by atoms with Crippen molar-refractivity contribution in [2.24, 2.45) is 0 Å². The predicted molar refractivity (Wildman–Crippen MR) is 110 cm³/mol. The first-order valence-corrected chi connectivity index (χ1v) is 10.2. The molecular formula is C22H28N4O3. The number of anilines is 2. The second-order valence-corrected chi connectivity index (χ2v) is 8.01. The third-order valence-electron chi connectivity index (χ3n) is 5.69. The fourth-order valence-electron chi connectivity index (χ4n) is 4.01. The van der Waals surface area contributed by atoms with Crippen LogP contribution in [0.2, 0.25) is 0 Å². The van der Waals surface area contributed by atoms with Crippen molar-refractivity contribution in [1.82, 2.24) is 14.9 Å². The average Bonchev–Trinajstić information content (AvgIpc) is 3.17. The lowest BCUT2D eigenvalue weighted by Gasteiger charge is -2.37. The Bertz CT molecular complexity index is 883. The lowest BCUT2D eigenvalue weighted by atomic mass is 9.98. The van der Waals surface area contributed by atoms with Crippen LogP contribution in [0.25, 0.3) is 0 Å². The number of aromatic nitrogens is 2. The zero-order valence-electron chi connectivity index (χ0n) is 17.3. The van der Waals surface area contributed by atoms with Crippen molar-refractivity contribution in [1.29, 1.82) is 0 Å². The van der Waals surface area contributed by atoms with E-state index < -0.39 is 5.79 Å². The molecule has 7 nitrogen and oxygen atoms in total. The lowest BCUT2D eigenvalue weighted by molar-refractivity contribution is -0.181. The van der Waals surface area contributed by atoms with Crippen molar-refractivity contribution in [3.05, 3.63) is 47.4 Å². The van der Waals surface area contributed by atoms with Crippen molar-refractivity contribution in [3.63, 3.8) is 0 Å². The van der Waals surface area contributed by atoms with Crippen molar-refractivity contribution in [2.45, 2.75) is 45.3 Å². The van der Waals surface area contributed by atoms with Gasteiger partial charge in [-0.1, -0.05) is 32.0 Å². The highest BCUT2D eigenvalue weighted by atomic mass is 16.7. The summed E-state index contributed by atoms with van der Waals surface area (Å²) in [5.74, 6) is 0.418. The maximum atomic E-state index is 13.0. The van der Waals surface area contributed by atoms with Crippen molar-refractivity contribution in [3.8, 4) is 0 Å². The maximum absolute atomic E-state index is 13.0. The molecule has 1 aromatic heterocycles. The van der Waals surface area contributed by atoms with Crippen LogP contribution in [0, 0.1) is 6.92 Å². The summed E-state index contributed by atoms with van der Waals surface area (Å²) in [5, 5.41) is 3.40. The molecule has 2 aliphatic heterocycles. The van der Waals surface area contributed by atoms with Gasteiger partial charge in [-0.05, 0) is 24.0 Å². The molecule has 3 heterocycles. The van der Waals surface area contributed by atoms with Gasteiger partial charge in [-0.15, -0.1) is 0 Å². The summed E-state index contributed by atoms with van der Waals surface area (Å²) in [6.45, 7) is 8.85. The Morgan fingerprint density at radius 2 is 1.90 bits per heavy atom. The fourth-order valence-corrected chi connectivity index (χ4v) is 4.01. The first-order chi connectivity index (χ1) is 14.0. The summed E-state index contributed by atoms with van der Waals surface area (Å²) in [5.41, 5.74) is 3.79. The molecule has 1 aromatic carbocycles. The minimum Gasteiger partial charge on any atom is -0.347 e. The Balaban J connectivity index is 1.49. The van der Waals surface area contributed by atoms with Gasteiger partial charge in [0, 0.05) is 37.7 Å². The number of hydrogen-bond acceptors (Lipinski definition) is 6. The summed E-state index contributed by atoms with van der Waals surface area (Å²) in [6, 6.07) is 7.97. The number of rotatable bonds is 4. The first kappa shape index (κ1) is 19.8. The van der Waals surface area contributed by atoms with Crippen molar-refractivity contribution in [2.75, 3.05) is 31.6 Å². The van der Waals surface area contributed by atoms with Gasteiger partial charge in [0.1, 0.15) is 17.8 Å². The van der Waals surface area contributed by atoms with E-state index in [1.807, 2.05) is 4.90 Å². The molecular weight excluding hydrogens is 368 g/mol. The highest BCUT2D eigenvalue weighted by Gasteiger charge is 2.41. The number of hydrogen-bond donors (Lipinski definition) is 1. The monoisotopic (exact) mass is 396 g/mol. The van der Waals surface area contributed by atoms with Crippen molar-refractivity contribution >= 4 is 17.4 Å². The number of benzene rings is 1. The Morgan fingerprint density at radius 3 is 2.59 bits per heavy atom. The van der Waals surface area contributed by atoms with Gasteiger partial charge < -0.3 is 19.7 Å². The largest absolute Gasteiger partial charge is 0.347 e. The van der Waals surface area contributed by atoms with Crippen LogP contribution in [0.5, 0.6) is 0 Å². The molecule has 2 aliphatic rings. The maximum Gasteiger partial charge on any atom is 0.272 e. The SMILES string of the molecule is Cc1cccc(C(C)C)c1Nc1cc(C(=O)N2CCC3(CC2)OCCO3)ncn1. The van der Waals surface area contributed by atoms with Crippen LogP contribution in [0.1, 0.15) is 54.2 Å². The number of aryl methyl sites for hydroxylation is 1. The third-order valence-corrected chi connectivity index (χ3v) is 5.69. The topological polar surface area (TPSA) is 76.6 Å². The molecule has 0 unspecified atom stereocenters. The van der Waals surface area contributed by atoms with E-state index in [2.05, 4.69) is 54.3 Å². The van der Waals surface area contributed by atoms with Gasteiger partial charge in [0.05, 0.1) is 13.2 Å². The lowest BCUT2D eigenvalue weighted by Crippen LogP contribution is -2.47. The molecule has 0 radical (unpaired) electrons. The zero-order chi connectivity index (χ0) is 20.4. The molecule has 0 aliphatic carbocycles. The molecule has 0 bridgehead atoms. The normalized spacial score (nSPS) is 18.4. The molecule has 29 heavy (non-hydrogen) atoms. The van der Waals surface area contributed by atoms with E-state index in [0.717, 1.165) is 11.3 Å². The average molecular weight is 396 g/mol. The van der Waals surface area contributed by atoms with E-state index in [0.29, 0.717) is 56.6 Å². The van der Waals surface area contributed by atoms with Crippen LogP contribution in [0.3, 0.4) is 0 Å². The number of para-hydroxylation sites is 1. The highest BCUT2D eigenvalue weighted by molar-refractivity contribution is 5.93. The highest BCUT2D eigenvalue weighted by Crippen LogP contribution is 2.32. The zero-order valence-corrected chi connectivity index (χ0v) is 17.3.